The lowest BCUT2D eigenvalue weighted by molar-refractivity contribution is -0.139. The van der Waals surface area contributed by atoms with Gasteiger partial charge in [0.25, 0.3) is 5.56 Å². The monoisotopic (exact) mass is 440 g/mol. The van der Waals surface area contributed by atoms with Gasteiger partial charge in [-0.3, -0.25) is 18.9 Å². The third-order valence-electron chi connectivity index (χ3n) is 3.30. The quantitative estimate of drug-likeness (QED) is 0.454. The summed E-state index contributed by atoms with van der Waals surface area (Å²) in [6, 6.07) is 0. The van der Waals surface area contributed by atoms with Crippen molar-refractivity contribution >= 4 is 15.6 Å². The largest absolute Gasteiger partial charge is 0.481 e. The maximum absolute atomic E-state index is 12.8. The van der Waals surface area contributed by atoms with E-state index in [2.05, 4.69) is 8.83 Å². The van der Waals surface area contributed by atoms with Gasteiger partial charge in [0.2, 0.25) is 0 Å². The minimum absolute atomic E-state index is 0.00758. The van der Waals surface area contributed by atoms with Crippen LogP contribution in [-0.2, 0) is 28.9 Å². The standard InChI is InChI=1S/C10H13F3N2O10P2/c11-10(12,13)6-3-15(9(17)14-8(6)16)7-2-1-5(24-7)4-23-27(21,22)25-26(18,19)20/h3,5,7H,1-2,4H2,(H,21,22)(H,14,16,17)(H2,18,19,20)/t5-,7+/m0/s1. The van der Waals surface area contributed by atoms with E-state index < -0.39 is 57.6 Å². The minimum atomic E-state index is -5.31. The maximum Gasteiger partial charge on any atom is 0.481 e. The number of hydrogen-bond acceptors (Lipinski definition) is 7. The first-order chi connectivity index (χ1) is 12.2. The number of rotatable bonds is 6. The molecular formula is C10H13F3N2O10P2. The number of phosphoric acid groups is 2. The summed E-state index contributed by atoms with van der Waals surface area (Å²) in [7, 11) is -10.4. The summed E-state index contributed by atoms with van der Waals surface area (Å²) in [6.45, 7) is -0.700. The molecule has 0 spiro atoms. The molecule has 0 saturated carbocycles. The summed E-state index contributed by atoms with van der Waals surface area (Å²) in [4.78, 5) is 50.6. The first-order valence-corrected chi connectivity index (χ1v) is 10.0. The highest BCUT2D eigenvalue weighted by atomic mass is 31.3. The van der Waals surface area contributed by atoms with Crippen molar-refractivity contribution in [2.75, 3.05) is 6.61 Å². The van der Waals surface area contributed by atoms with Crippen LogP contribution < -0.4 is 11.2 Å². The fourth-order valence-electron chi connectivity index (χ4n) is 2.25. The number of phosphoric ester groups is 1. The number of ether oxygens (including phenoxy) is 1. The highest BCUT2D eigenvalue weighted by molar-refractivity contribution is 7.60. The maximum atomic E-state index is 12.8. The van der Waals surface area contributed by atoms with Crippen LogP contribution in [0, 0.1) is 0 Å². The Balaban J connectivity index is 2.09. The third-order valence-corrected chi connectivity index (χ3v) is 5.45. The van der Waals surface area contributed by atoms with E-state index in [1.54, 1.807) is 0 Å². The number of nitrogens with zero attached hydrogens (tertiary/aromatic N) is 1. The molecule has 3 atom stereocenters. The molecule has 2 heterocycles. The average Bonchev–Trinajstić information content (AvgIpc) is 2.90. The van der Waals surface area contributed by atoms with Gasteiger partial charge in [0.15, 0.2) is 0 Å². The van der Waals surface area contributed by atoms with Gasteiger partial charge in [0.05, 0.1) is 12.7 Å². The van der Waals surface area contributed by atoms with Crippen LogP contribution in [0.25, 0.3) is 0 Å². The zero-order valence-electron chi connectivity index (χ0n) is 13.0. The second-order valence-corrected chi connectivity index (χ2v) is 8.16. The number of hydrogen-bond donors (Lipinski definition) is 4. The Kier molecular flexibility index (Phi) is 6.19. The number of aromatic amines is 1. The summed E-state index contributed by atoms with van der Waals surface area (Å²) in [5, 5.41) is 0. The zero-order valence-corrected chi connectivity index (χ0v) is 14.8. The van der Waals surface area contributed by atoms with E-state index in [-0.39, 0.29) is 12.8 Å². The molecule has 1 unspecified atom stereocenters. The molecule has 1 aromatic heterocycles. The Labute approximate surface area is 147 Å². The fraction of sp³-hybridized carbons (Fsp3) is 0.600. The Bertz CT molecular complexity index is 906. The molecule has 12 nitrogen and oxygen atoms in total. The van der Waals surface area contributed by atoms with Gasteiger partial charge in [0, 0.05) is 6.20 Å². The van der Waals surface area contributed by atoms with Gasteiger partial charge in [0.1, 0.15) is 11.8 Å². The van der Waals surface area contributed by atoms with Crippen LogP contribution in [0.5, 0.6) is 0 Å². The van der Waals surface area contributed by atoms with Crippen LogP contribution in [0.4, 0.5) is 13.2 Å². The van der Waals surface area contributed by atoms with Crippen molar-refractivity contribution < 1.29 is 50.6 Å². The van der Waals surface area contributed by atoms with Gasteiger partial charge in [-0.25, -0.2) is 13.9 Å². The summed E-state index contributed by atoms with van der Waals surface area (Å²) in [5.74, 6) is 0. The Hall–Kier alpha value is -1.31. The topological polar surface area (TPSA) is 177 Å². The lowest BCUT2D eigenvalue weighted by Crippen LogP contribution is -2.36. The summed E-state index contributed by atoms with van der Waals surface area (Å²) in [6.07, 6.45) is -6.88. The van der Waals surface area contributed by atoms with Crippen LogP contribution >= 0.6 is 15.6 Å². The summed E-state index contributed by atoms with van der Waals surface area (Å²) < 4.78 is 73.8. The molecule has 0 radical (unpaired) electrons. The minimum Gasteiger partial charge on any atom is -0.352 e. The van der Waals surface area contributed by atoms with Crippen LogP contribution in [0.2, 0.25) is 0 Å². The van der Waals surface area contributed by atoms with E-state index in [1.165, 1.54) is 4.98 Å². The molecule has 17 heteroatoms. The van der Waals surface area contributed by atoms with Crippen molar-refractivity contribution in [3.05, 3.63) is 32.6 Å². The Morgan fingerprint density at radius 2 is 1.89 bits per heavy atom. The lowest BCUT2D eigenvalue weighted by Gasteiger charge is -2.18. The number of nitrogens with one attached hydrogen (secondary N) is 1. The van der Waals surface area contributed by atoms with Crippen LogP contribution in [0.1, 0.15) is 24.6 Å². The highest BCUT2D eigenvalue weighted by Crippen LogP contribution is 2.57. The van der Waals surface area contributed by atoms with Crippen molar-refractivity contribution in [3.8, 4) is 0 Å². The van der Waals surface area contributed by atoms with Crippen LogP contribution in [0.3, 0.4) is 0 Å². The highest BCUT2D eigenvalue weighted by Gasteiger charge is 2.38. The molecule has 1 saturated heterocycles. The third kappa shape index (κ3) is 6.09. The Morgan fingerprint density at radius 1 is 1.26 bits per heavy atom. The second kappa shape index (κ2) is 7.60. The predicted octanol–water partition coefficient (Wildman–Crippen LogP) is 0.459. The lowest BCUT2D eigenvalue weighted by atomic mass is 10.2. The summed E-state index contributed by atoms with van der Waals surface area (Å²) >= 11 is 0. The molecule has 27 heavy (non-hydrogen) atoms. The molecule has 1 fully saturated rings. The van der Waals surface area contributed by atoms with Gasteiger partial charge in [-0.2, -0.15) is 17.5 Å². The van der Waals surface area contributed by atoms with Crippen molar-refractivity contribution in [2.24, 2.45) is 0 Å². The van der Waals surface area contributed by atoms with Crippen molar-refractivity contribution in [1.82, 2.24) is 9.55 Å². The van der Waals surface area contributed by atoms with E-state index >= 15 is 0 Å². The second-order valence-electron chi connectivity index (χ2n) is 5.33. The summed E-state index contributed by atoms with van der Waals surface area (Å²) in [5.41, 5.74) is -4.38. The smallest absolute Gasteiger partial charge is 0.352 e. The van der Waals surface area contributed by atoms with E-state index in [0.717, 1.165) is 0 Å². The molecule has 1 aliphatic heterocycles. The predicted molar refractivity (Wildman–Crippen MR) is 78.4 cm³/mol. The molecule has 1 aliphatic rings. The molecule has 0 aromatic carbocycles. The number of alkyl halides is 3. The van der Waals surface area contributed by atoms with E-state index in [1.807, 2.05) is 0 Å². The van der Waals surface area contributed by atoms with Gasteiger partial charge in [-0.1, -0.05) is 0 Å². The van der Waals surface area contributed by atoms with E-state index in [9.17, 15) is 31.9 Å². The van der Waals surface area contributed by atoms with Gasteiger partial charge >= 0.3 is 27.5 Å². The fourth-order valence-corrected chi connectivity index (χ4v) is 3.87. The molecule has 0 amide bonds. The van der Waals surface area contributed by atoms with Crippen LogP contribution in [-0.4, -0.2) is 36.9 Å². The van der Waals surface area contributed by atoms with Crippen LogP contribution in [0.15, 0.2) is 15.8 Å². The molecule has 2 rings (SSSR count). The van der Waals surface area contributed by atoms with Gasteiger partial charge in [-0.05, 0) is 12.8 Å². The average molecular weight is 440 g/mol. The number of H-pyrrole nitrogens is 1. The first-order valence-electron chi connectivity index (χ1n) is 7.00. The first kappa shape index (κ1) is 22.0. The normalized spacial score (nSPS) is 23.3. The molecule has 0 bridgehead atoms. The van der Waals surface area contributed by atoms with E-state index in [0.29, 0.717) is 10.8 Å². The van der Waals surface area contributed by atoms with Crippen molar-refractivity contribution in [3.63, 3.8) is 0 Å². The molecular weight excluding hydrogens is 427 g/mol. The van der Waals surface area contributed by atoms with E-state index in [4.69, 9.17) is 19.4 Å². The van der Waals surface area contributed by atoms with Gasteiger partial charge < -0.3 is 19.4 Å². The molecule has 0 aliphatic carbocycles. The Morgan fingerprint density at radius 3 is 2.44 bits per heavy atom. The van der Waals surface area contributed by atoms with Crippen molar-refractivity contribution in [1.29, 1.82) is 0 Å². The molecule has 4 N–H and O–H groups in total. The zero-order chi connectivity index (χ0) is 20.6. The SMILES string of the molecule is O=c1[nH]c(=O)n([C@H]2CC[C@@H](COP(=O)(O)OP(=O)(O)O)O2)cc1C(F)(F)F. The van der Waals surface area contributed by atoms with Crippen molar-refractivity contribution in [2.45, 2.75) is 31.3 Å². The molecule has 1 aromatic rings. The number of aromatic nitrogens is 2. The van der Waals surface area contributed by atoms with Gasteiger partial charge in [-0.15, -0.1) is 0 Å². The molecule has 154 valence electrons. The number of halogens is 3.